The van der Waals surface area contributed by atoms with Crippen LogP contribution in [-0.4, -0.2) is 24.9 Å². The van der Waals surface area contributed by atoms with Gasteiger partial charge in [0, 0.05) is 18.2 Å². The molecule has 1 aliphatic rings. The highest BCUT2D eigenvalue weighted by molar-refractivity contribution is 6.10. The molecule has 1 heterocycles. The third-order valence-electron chi connectivity index (χ3n) is 3.49. The lowest BCUT2D eigenvalue weighted by molar-refractivity contribution is -0.137. The van der Waals surface area contributed by atoms with Crippen LogP contribution < -0.4 is 5.32 Å². The predicted octanol–water partition coefficient (Wildman–Crippen LogP) is 2.39. The molecule has 0 saturated carbocycles. The van der Waals surface area contributed by atoms with Gasteiger partial charge in [-0.1, -0.05) is 0 Å². The van der Waals surface area contributed by atoms with Gasteiger partial charge in [-0.15, -0.1) is 0 Å². The van der Waals surface area contributed by atoms with Gasteiger partial charge in [0.25, 0.3) is 0 Å². The second kappa shape index (κ2) is 6.79. The molecular weight excluding hydrogens is 313 g/mol. The number of nitrogens with zero attached hydrogens (tertiary/aromatic N) is 1. The van der Waals surface area contributed by atoms with Gasteiger partial charge < -0.3 is 10.1 Å². The van der Waals surface area contributed by atoms with Crippen molar-refractivity contribution in [2.75, 3.05) is 18.5 Å². The lowest BCUT2D eigenvalue weighted by Crippen LogP contribution is -2.33. The van der Waals surface area contributed by atoms with Gasteiger partial charge >= 0.3 is 6.18 Å². The van der Waals surface area contributed by atoms with Crippen LogP contribution in [0.25, 0.3) is 0 Å². The van der Waals surface area contributed by atoms with Crippen molar-refractivity contribution < 1.29 is 27.5 Å². The van der Waals surface area contributed by atoms with Crippen LogP contribution >= 0.6 is 0 Å². The van der Waals surface area contributed by atoms with E-state index in [0.29, 0.717) is 13.0 Å². The molecule has 1 aliphatic heterocycles. The second-order valence-corrected chi connectivity index (χ2v) is 5.09. The minimum absolute atomic E-state index is 0.0821. The number of rotatable bonds is 4. The third kappa shape index (κ3) is 4.07. The lowest BCUT2D eigenvalue weighted by Gasteiger charge is -2.13. The summed E-state index contributed by atoms with van der Waals surface area (Å²) in [6.45, 7) is 0.569. The van der Waals surface area contributed by atoms with Crippen molar-refractivity contribution in [3.05, 3.63) is 29.8 Å². The third-order valence-corrected chi connectivity index (χ3v) is 3.49. The topological polar surface area (TPSA) is 79.2 Å². The summed E-state index contributed by atoms with van der Waals surface area (Å²) in [5.41, 5.74) is -0.773. The average Bonchev–Trinajstić information content (AvgIpc) is 3.01. The number of hydrogen-bond donors (Lipinski definition) is 1. The first kappa shape index (κ1) is 17.0. The smallest absolute Gasteiger partial charge is 0.381 e. The van der Waals surface area contributed by atoms with Crippen LogP contribution in [0.5, 0.6) is 0 Å². The molecule has 1 N–H and O–H groups in total. The molecule has 0 aromatic heterocycles. The Morgan fingerprint density at radius 3 is 2.43 bits per heavy atom. The zero-order valence-electron chi connectivity index (χ0n) is 11.9. The van der Waals surface area contributed by atoms with Gasteiger partial charge in [-0.2, -0.15) is 18.4 Å². The molecule has 2 atom stereocenters. The number of anilines is 1. The van der Waals surface area contributed by atoms with Crippen LogP contribution in [0.3, 0.4) is 0 Å². The summed E-state index contributed by atoms with van der Waals surface area (Å²) in [4.78, 5) is 24.1. The fourth-order valence-corrected chi connectivity index (χ4v) is 2.20. The van der Waals surface area contributed by atoms with E-state index < -0.39 is 35.3 Å². The van der Waals surface area contributed by atoms with Gasteiger partial charge in [-0.05, 0) is 30.7 Å². The molecule has 2 unspecified atom stereocenters. The molecule has 2 rings (SSSR count). The first-order chi connectivity index (χ1) is 10.8. The average molecular weight is 326 g/mol. The Bertz CT molecular complexity index is 629. The molecule has 1 aromatic rings. The van der Waals surface area contributed by atoms with Crippen molar-refractivity contribution in [2.24, 2.45) is 11.8 Å². The maximum atomic E-state index is 12.5. The maximum absolute atomic E-state index is 12.5. The lowest BCUT2D eigenvalue weighted by atomic mass is 9.92. The first-order valence-electron chi connectivity index (χ1n) is 6.82. The largest absolute Gasteiger partial charge is 0.416 e. The molecule has 122 valence electrons. The minimum atomic E-state index is -4.48. The number of ether oxygens (including phenoxy) is 1. The highest BCUT2D eigenvalue weighted by Gasteiger charge is 2.35. The number of carbonyl (C=O) groups excluding carboxylic acids is 2. The fourth-order valence-electron chi connectivity index (χ4n) is 2.20. The molecule has 5 nitrogen and oxygen atoms in total. The summed E-state index contributed by atoms with van der Waals surface area (Å²) in [7, 11) is 0. The van der Waals surface area contributed by atoms with E-state index in [0.717, 1.165) is 24.3 Å². The van der Waals surface area contributed by atoms with Gasteiger partial charge in [0.15, 0.2) is 11.7 Å². The van der Waals surface area contributed by atoms with E-state index in [1.165, 1.54) is 0 Å². The number of amides is 1. The summed E-state index contributed by atoms with van der Waals surface area (Å²) < 4.78 is 42.4. The number of nitrogens with one attached hydrogen (secondary N) is 1. The Labute approximate surface area is 130 Å². The van der Waals surface area contributed by atoms with E-state index in [-0.39, 0.29) is 12.3 Å². The molecule has 0 bridgehead atoms. The molecule has 1 fully saturated rings. The first-order valence-corrected chi connectivity index (χ1v) is 6.82. The zero-order chi connectivity index (χ0) is 17.0. The van der Waals surface area contributed by atoms with Crippen molar-refractivity contribution >= 4 is 17.4 Å². The van der Waals surface area contributed by atoms with Crippen LogP contribution in [-0.2, 0) is 20.5 Å². The van der Waals surface area contributed by atoms with Crippen LogP contribution in [0.4, 0.5) is 18.9 Å². The number of halogens is 3. The van der Waals surface area contributed by atoms with Crippen molar-refractivity contribution in [3.8, 4) is 6.07 Å². The van der Waals surface area contributed by atoms with E-state index in [4.69, 9.17) is 10.00 Å². The Balaban J connectivity index is 2.05. The molecule has 1 saturated heterocycles. The summed E-state index contributed by atoms with van der Waals surface area (Å²) in [6, 6.07) is 5.39. The number of ketones is 1. The van der Waals surface area contributed by atoms with Crippen LogP contribution in [0.15, 0.2) is 24.3 Å². The van der Waals surface area contributed by atoms with Crippen LogP contribution in [0.2, 0.25) is 0 Å². The van der Waals surface area contributed by atoms with Gasteiger partial charge in [0.2, 0.25) is 5.91 Å². The Hall–Kier alpha value is -2.40. The van der Waals surface area contributed by atoms with Crippen molar-refractivity contribution in [2.45, 2.75) is 12.6 Å². The number of benzene rings is 1. The molecule has 8 heteroatoms. The van der Waals surface area contributed by atoms with E-state index >= 15 is 0 Å². The standard InChI is InChI=1S/C15H13F3N2O3/c16-15(17,18)10-1-3-11(4-2-10)20-14(22)12(7-19)13(21)9-5-6-23-8-9/h1-4,9,12H,5-6,8H2,(H,20,22). The molecule has 1 aromatic carbocycles. The molecule has 1 amide bonds. The van der Waals surface area contributed by atoms with Crippen molar-refractivity contribution in [1.29, 1.82) is 5.26 Å². The normalized spacial score (nSPS) is 19.0. The van der Waals surface area contributed by atoms with E-state index in [1.54, 1.807) is 6.07 Å². The highest BCUT2D eigenvalue weighted by atomic mass is 19.4. The predicted molar refractivity (Wildman–Crippen MR) is 73.1 cm³/mol. The number of carbonyl (C=O) groups is 2. The molecule has 0 aliphatic carbocycles. The van der Waals surface area contributed by atoms with E-state index in [2.05, 4.69) is 5.32 Å². The monoisotopic (exact) mass is 326 g/mol. The summed E-state index contributed by atoms with van der Waals surface area (Å²) in [6.07, 6.45) is -4.03. The Kier molecular flexibility index (Phi) is 5.01. The number of hydrogen-bond acceptors (Lipinski definition) is 4. The highest BCUT2D eigenvalue weighted by Crippen LogP contribution is 2.30. The van der Waals surface area contributed by atoms with Crippen molar-refractivity contribution in [1.82, 2.24) is 0 Å². The summed E-state index contributed by atoms with van der Waals surface area (Å²) in [5.74, 6) is -3.40. The van der Waals surface area contributed by atoms with Crippen LogP contribution in [0, 0.1) is 23.2 Å². The molecule has 23 heavy (non-hydrogen) atoms. The summed E-state index contributed by atoms with van der Waals surface area (Å²) >= 11 is 0. The minimum Gasteiger partial charge on any atom is -0.381 e. The number of alkyl halides is 3. The maximum Gasteiger partial charge on any atom is 0.416 e. The quantitative estimate of drug-likeness (QED) is 0.862. The second-order valence-electron chi connectivity index (χ2n) is 5.09. The van der Waals surface area contributed by atoms with Crippen LogP contribution in [0.1, 0.15) is 12.0 Å². The molecule has 0 radical (unpaired) electrons. The Morgan fingerprint density at radius 2 is 1.96 bits per heavy atom. The number of Topliss-reactive ketones (excluding diaryl/α,β-unsaturated/α-hetero) is 1. The van der Waals surface area contributed by atoms with Gasteiger partial charge in [-0.25, -0.2) is 0 Å². The summed E-state index contributed by atoms with van der Waals surface area (Å²) in [5, 5.41) is 11.3. The Morgan fingerprint density at radius 1 is 1.30 bits per heavy atom. The molecule has 0 spiro atoms. The van der Waals surface area contributed by atoms with E-state index in [1.807, 2.05) is 0 Å². The van der Waals surface area contributed by atoms with Crippen molar-refractivity contribution in [3.63, 3.8) is 0 Å². The van der Waals surface area contributed by atoms with Gasteiger partial charge in [0.05, 0.1) is 18.2 Å². The zero-order valence-corrected chi connectivity index (χ0v) is 11.9. The van der Waals surface area contributed by atoms with Gasteiger partial charge in [0.1, 0.15) is 0 Å². The fraction of sp³-hybridized carbons (Fsp3) is 0.400. The molecular formula is C15H13F3N2O3. The van der Waals surface area contributed by atoms with E-state index in [9.17, 15) is 22.8 Å². The number of nitriles is 1. The SMILES string of the molecule is N#CC(C(=O)Nc1ccc(C(F)(F)F)cc1)C(=O)C1CCOC1. The van der Waals surface area contributed by atoms with Gasteiger partial charge in [-0.3, -0.25) is 9.59 Å².